The average molecular weight is 291 g/mol. The molecule has 0 amide bonds. The second kappa shape index (κ2) is 6.77. The highest BCUT2D eigenvalue weighted by Gasteiger charge is 2.33. The second-order valence-electron chi connectivity index (χ2n) is 6.19. The fraction of sp³-hybridized carbons (Fsp3) is 0.647. The first kappa shape index (κ1) is 14.8. The van der Waals surface area contributed by atoms with Gasteiger partial charge in [-0.1, -0.05) is 12.1 Å². The summed E-state index contributed by atoms with van der Waals surface area (Å²) in [7, 11) is 1.70. The number of likely N-dealkylation sites (tertiary alicyclic amines) is 1. The molecule has 2 heterocycles. The van der Waals surface area contributed by atoms with E-state index in [4.69, 9.17) is 9.47 Å². The average Bonchev–Trinajstić information content (AvgIpc) is 2.89. The third-order valence-electron chi connectivity index (χ3n) is 4.69. The summed E-state index contributed by atoms with van der Waals surface area (Å²) >= 11 is 0. The molecule has 4 nitrogen and oxygen atoms in total. The number of aliphatic hydroxyl groups is 1. The van der Waals surface area contributed by atoms with Crippen LogP contribution in [0, 0.1) is 5.92 Å². The van der Waals surface area contributed by atoms with E-state index in [0.717, 1.165) is 51.3 Å². The van der Waals surface area contributed by atoms with E-state index < -0.39 is 0 Å². The maximum atomic E-state index is 10.1. The number of nitrogens with zero attached hydrogens (tertiary/aromatic N) is 1. The topological polar surface area (TPSA) is 41.9 Å². The maximum Gasteiger partial charge on any atom is 0.119 e. The lowest BCUT2D eigenvalue weighted by Gasteiger charge is -2.31. The van der Waals surface area contributed by atoms with Crippen LogP contribution in [0.2, 0.25) is 0 Å². The third kappa shape index (κ3) is 3.57. The molecule has 0 aliphatic carbocycles. The van der Waals surface area contributed by atoms with Gasteiger partial charge in [0.25, 0.3) is 0 Å². The predicted molar refractivity (Wildman–Crippen MR) is 81.5 cm³/mol. The van der Waals surface area contributed by atoms with Crippen molar-refractivity contribution in [2.24, 2.45) is 5.92 Å². The van der Waals surface area contributed by atoms with Gasteiger partial charge < -0.3 is 14.6 Å². The van der Waals surface area contributed by atoms with Gasteiger partial charge in [0.15, 0.2) is 0 Å². The van der Waals surface area contributed by atoms with Crippen LogP contribution in [-0.4, -0.2) is 49.5 Å². The Hall–Kier alpha value is -1.10. The molecule has 3 rings (SSSR count). The standard InChI is InChI=1S/C17H25NO3/c1-20-16-4-2-3-14(9-16)17-10-15(19)12-18(17)11-13-5-7-21-8-6-13/h2-4,9,13,15,17,19H,5-8,10-12H2,1H3/t15-,17+/m0/s1. The van der Waals surface area contributed by atoms with E-state index in [1.54, 1.807) is 7.11 Å². The maximum absolute atomic E-state index is 10.1. The van der Waals surface area contributed by atoms with Crippen LogP contribution in [0.5, 0.6) is 5.75 Å². The van der Waals surface area contributed by atoms with Crippen molar-refractivity contribution in [3.8, 4) is 5.75 Å². The minimum Gasteiger partial charge on any atom is -0.497 e. The van der Waals surface area contributed by atoms with Crippen molar-refractivity contribution in [2.75, 3.05) is 33.4 Å². The fourth-order valence-corrected chi connectivity index (χ4v) is 3.54. The Labute approximate surface area is 126 Å². The van der Waals surface area contributed by atoms with Gasteiger partial charge >= 0.3 is 0 Å². The molecule has 1 N–H and O–H groups in total. The van der Waals surface area contributed by atoms with Gasteiger partial charge in [-0.15, -0.1) is 0 Å². The summed E-state index contributed by atoms with van der Waals surface area (Å²) in [5.74, 6) is 1.58. The number of ether oxygens (including phenoxy) is 2. The number of rotatable bonds is 4. The molecular formula is C17H25NO3. The van der Waals surface area contributed by atoms with Crippen LogP contribution in [0.4, 0.5) is 0 Å². The summed E-state index contributed by atoms with van der Waals surface area (Å²) in [4.78, 5) is 2.44. The van der Waals surface area contributed by atoms with Crippen molar-refractivity contribution in [3.05, 3.63) is 29.8 Å². The van der Waals surface area contributed by atoms with Gasteiger partial charge in [-0.25, -0.2) is 0 Å². The summed E-state index contributed by atoms with van der Waals surface area (Å²) in [6, 6.07) is 8.54. The molecule has 2 fully saturated rings. The van der Waals surface area contributed by atoms with E-state index in [-0.39, 0.29) is 6.10 Å². The zero-order valence-electron chi connectivity index (χ0n) is 12.7. The molecule has 0 unspecified atom stereocenters. The number of benzene rings is 1. The highest BCUT2D eigenvalue weighted by molar-refractivity contribution is 5.31. The number of hydrogen-bond donors (Lipinski definition) is 1. The summed E-state index contributed by atoms with van der Waals surface area (Å²) in [5.41, 5.74) is 1.25. The molecule has 1 aromatic rings. The van der Waals surface area contributed by atoms with Crippen molar-refractivity contribution in [2.45, 2.75) is 31.4 Å². The van der Waals surface area contributed by atoms with Gasteiger partial charge in [-0.2, -0.15) is 0 Å². The van der Waals surface area contributed by atoms with E-state index in [1.165, 1.54) is 5.56 Å². The fourth-order valence-electron chi connectivity index (χ4n) is 3.54. The summed E-state index contributed by atoms with van der Waals surface area (Å²) in [5, 5.41) is 10.1. The summed E-state index contributed by atoms with van der Waals surface area (Å²) in [6.45, 7) is 3.59. The molecule has 0 aromatic heterocycles. The predicted octanol–water partition coefficient (Wildman–Crippen LogP) is 2.23. The first-order chi connectivity index (χ1) is 10.3. The zero-order chi connectivity index (χ0) is 14.7. The quantitative estimate of drug-likeness (QED) is 0.924. The van der Waals surface area contributed by atoms with Crippen LogP contribution < -0.4 is 4.74 Å². The smallest absolute Gasteiger partial charge is 0.119 e. The Kier molecular flexibility index (Phi) is 4.78. The Balaban J connectivity index is 1.71. The van der Waals surface area contributed by atoms with Crippen molar-refractivity contribution in [3.63, 3.8) is 0 Å². The van der Waals surface area contributed by atoms with Gasteiger partial charge in [-0.3, -0.25) is 4.90 Å². The van der Waals surface area contributed by atoms with E-state index in [9.17, 15) is 5.11 Å². The molecule has 1 aromatic carbocycles. The molecule has 21 heavy (non-hydrogen) atoms. The van der Waals surface area contributed by atoms with Crippen molar-refractivity contribution in [1.82, 2.24) is 4.90 Å². The molecule has 0 saturated carbocycles. The Morgan fingerprint density at radius 2 is 2.14 bits per heavy atom. The van der Waals surface area contributed by atoms with Crippen LogP contribution in [0.3, 0.4) is 0 Å². The lowest BCUT2D eigenvalue weighted by Crippen LogP contribution is -2.33. The number of β-amino-alcohol motifs (C(OH)–C–C–N with tert-alkyl or cyclic N) is 1. The minimum absolute atomic E-state index is 0.221. The molecule has 0 bridgehead atoms. The molecule has 2 atom stereocenters. The first-order valence-corrected chi connectivity index (χ1v) is 7.90. The van der Waals surface area contributed by atoms with Gasteiger partial charge in [0.1, 0.15) is 5.75 Å². The molecule has 116 valence electrons. The van der Waals surface area contributed by atoms with Crippen LogP contribution >= 0.6 is 0 Å². The van der Waals surface area contributed by atoms with Gasteiger partial charge in [0, 0.05) is 32.3 Å². The van der Waals surface area contributed by atoms with E-state index in [2.05, 4.69) is 17.0 Å². The van der Waals surface area contributed by atoms with Gasteiger partial charge in [0.2, 0.25) is 0 Å². The number of hydrogen-bond acceptors (Lipinski definition) is 4. The van der Waals surface area contributed by atoms with Gasteiger partial charge in [0.05, 0.1) is 13.2 Å². The van der Waals surface area contributed by atoms with E-state index in [1.807, 2.05) is 12.1 Å². The lowest BCUT2D eigenvalue weighted by molar-refractivity contribution is 0.0492. The molecule has 0 spiro atoms. The number of aliphatic hydroxyl groups excluding tert-OH is 1. The second-order valence-corrected chi connectivity index (χ2v) is 6.19. The molecule has 0 radical (unpaired) electrons. The Morgan fingerprint density at radius 3 is 2.90 bits per heavy atom. The van der Waals surface area contributed by atoms with Crippen LogP contribution in [0.15, 0.2) is 24.3 Å². The van der Waals surface area contributed by atoms with E-state index >= 15 is 0 Å². The highest BCUT2D eigenvalue weighted by atomic mass is 16.5. The van der Waals surface area contributed by atoms with Gasteiger partial charge in [-0.05, 0) is 42.9 Å². The van der Waals surface area contributed by atoms with E-state index in [0.29, 0.717) is 12.0 Å². The van der Waals surface area contributed by atoms with Crippen molar-refractivity contribution in [1.29, 1.82) is 0 Å². The normalized spacial score (nSPS) is 27.9. The largest absolute Gasteiger partial charge is 0.497 e. The van der Waals surface area contributed by atoms with Crippen LogP contribution in [0.1, 0.15) is 30.9 Å². The van der Waals surface area contributed by atoms with Crippen LogP contribution in [0.25, 0.3) is 0 Å². The van der Waals surface area contributed by atoms with Crippen molar-refractivity contribution < 1.29 is 14.6 Å². The number of methoxy groups -OCH3 is 1. The minimum atomic E-state index is -0.221. The first-order valence-electron chi connectivity index (χ1n) is 7.90. The Bertz CT molecular complexity index is 459. The summed E-state index contributed by atoms with van der Waals surface area (Å²) < 4.78 is 10.8. The molecule has 2 saturated heterocycles. The molecule has 4 heteroatoms. The van der Waals surface area contributed by atoms with Crippen LogP contribution in [-0.2, 0) is 4.74 Å². The molecular weight excluding hydrogens is 266 g/mol. The summed E-state index contributed by atoms with van der Waals surface area (Å²) in [6.07, 6.45) is 2.87. The van der Waals surface area contributed by atoms with Crippen molar-refractivity contribution >= 4 is 0 Å². The monoisotopic (exact) mass is 291 g/mol. The zero-order valence-corrected chi connectivity index (χ0v) is 12.7. The molecule has 2 aliphatic heterocycles. The molecule has 2 aliphatic rings. The third-order valence-corrected chi connectivity index (χ3v) is 4.69. The Morgan fingerprint density at radius 1 is 1.33 bits per heavy atom. The highest BCUT2D eigenvalue weighted by Crippen LogP contribution is 2.35. The SMILES string of the molecule is COc1cccc([C@H]2C[C@H](O)CN2CC2CCOCC2)c1. The lowest BCUT2D eigenvalue weighted by atomic mass is 9.98.